The average Bonchev–Trinajstić information content (AvgIpc) is 1.82. The Morgan fingerprint density at radius 1 is 1.70 bits per heavy atom. The molecule has 0 amide bonds. The van der Waals surface area contributed by atoms with E-state index in [2.05, 4.69) is 9.53 Å². The summed E-state index contributed by atoms with van der Waals surface area (Å²) in [6, 6.07) is 0. The van der Waals surface area contributed by atoms with E-state index in [0.717, 1.165) is 0 Å². The van der Waals surface area contributed by atoms with Crippen LogP contribution in [0.2, 0.25) is 0 Å². The first kappa shape index (κ1) is 8.52. The SMILES string of the molecule is CC(=O)CC(=O)OC=[N+]=[N-]. The summed E-state index contributed by atoms with van der Waals surface area (Å²) in [5.41, 5.74) is 7.76. The van der Waals surface area contributed by atoms with Gasteiger partial charge in [0.05, 0.1) is 0 Å². The van der Waals surface area contributed by atoms with Gasteiger partial charge < -0.3 is 10.3 Å². The van der Waals surface area contributed by atoms with Crippen LogP contribution in [0.3, 0.4) is 0 Å². The largest absolute Gasteiger partial charge is 0.446 e. The fourth-order valence-electron chi connectivity index (χ4n) is 0.327. The third kappa shape index (κ3) is 4.67. The molecule has 0 fully saturated rings. The molecule has 0 aromatic carbocycles. The topological polar surface area (TPSA) is 79.8 Å². The van der Waals surface area contributed by atoms with Crippen molar-refractivity contribution < 1.29 is 19.1 Å². The first-order valence-electron chi connectivity index (χ1n) is 2.51. The van der Waals surface area contributed by atoms with Crippen molar-refractivity contribution in [3.8, 4) is 0 Å². The highest BCUT2D eigenvalue weighted by Gasteiger charge is 2.05. The maximum absolute atomic E-state index is 10.4. The third-order valence-electron chi connectivity index (χ3n) is 0.625. The van der Waals surface area contributed by atoms with Gasteiger partial charge in [-0.1, -0.05) is 0 Å². The van der Waals surface area contributed by atoms with Crippen molar-refractivity contribution in [1.82, 2.24) is 0 Å². The number of carbonyl (C=O) groups excluding carboxylic acids is 2. The van der Waals surface area contributed by atoms with Gasteiger partial charge in [-0.15, -0.1) is 4.79 Å². The van der Waals surface area contributed by atoms with Crippen LogP contribution in [-0.2, 0) is 14.3 Å². The molecule has 0 N–H and O–H groups in total. The molecule has 0 aliphatic rings. The first-order chi connectivity index (χ1) is 4.66. The zero-order chi connectivity index (χ0) is 7.98. The van der Waals surface area contributed by atoms with Crippen molar-refractivity contribution in [3.63, 3.8) is 0 Å². The van der Waals surface area contributed by atoms with Gasteiger partial charge in [-0.25, -0.2) is 0 Å². The molecule has 0 bridgehead atoms. The zero-order valence-electron chi connectivity index (χ0n) is 5.40. The highest BCUT2D eigenvalue weighted by atomic mass is 16.5. The lowest BCUT2D eigenvalue weighted by Gasteiger charge is -1.87. The quantitative estimate of drug-likeness (QED) is 0.136. The lowest BCUT2D eigenvalue weighted by Crippen LogP contribution is -2.07. The Kier molecular flexibility index (Phi) is 3.75. The monoisotopic (exact) mass is 142 g/mol. The number of nitrogens with zero attached hydrogens (tertiary/aromatic N) is 2. The van der Waals surface area contributed by atoms with Gasteiger partial charge in [-0.05, 0) is 6.92 Å². The summed E-state index contributed by atoms with van der Waals surface area (Å²) >= 11 is 0. The molecule has 0 aromatic rings. The highest BCUT2D eigenvalue weighted by molar-refractivity contribution is 5.95. The van der Waals surface area contributed by atoms with Crippen LogP contribution >= 0.6 is 0 Å². The number of ether oxygens (including phenoxy) is 1. The predicted molar refractivity (Wildman–Crippen MR) is 31.1 cm³/mol. The van der Waals surface area contributed by atoms with E-state index in [0.29, 0.717) is 6.40 Å². The second kappa shape index (κ2) is 4.40. The Morgan fingerprint density at radius 2 is 2.30 bits per heavy atom. The molecule has 0 saturated heterocycles. The molecule has 0 radical (unpaired) electrons. The van der Waals surface area contributed by atoms with Gasteiger partial charge in [0, 0.05) is 0 Å². The summed E-state index contributed by atoms with van der Waals surface area (Å²) in [4.78, 5) is 23.0. The number of carbonyl (C=O) groups is 2. The molecule has 54 valence electrons. The van der Waals surface area contributed by atoms with Crippen molar-refractivity contribution in [3.05, 3.63) is 5.53 Å². The Labute approximate surface area is 57.2 Å². The predicted octanol–water partition coefficient (Wildman–Crippen LogP) is -0.233. The van der Waals surface area contributed by atoms with E-state index < -0.39 is 5.97 Å². The van der Waals surface area contributed by atoms with Crippen molar-refractivity contribution in [2.45, 2.75) is 13.3 Å². The van der Waals surface area contributed by atoms with Crippen LogP contribution < -0.4 is 0 Å². The van der Waals surface area contributed by atoms with Gasteiger partial charge in [-0.2, -0.15) is 0 Å². The molecular weight excluding hydrogens is 136 g/mol. The summed E-state index contributed by atoms with van der Waals surface area (Å²) in [5, 5.41) is 0. The molecule has 0 rings (SSSR count). The molecule has 5 nitrogen and oxygen atoms in total. The smallest absolute Gasteiger partial charge is 0.364 e. The van der Waals surface area contributed by atoms with E-state index in [4.69, 9.17) is 5.53 Å². The van der Waals surface area contributed by atoms with Crippen LogP contribution in [0.5, 0.6) is 0 Å². The summed E-state index contributed by atoms with van der Waals surface area (Å²) < 4.78 is 4.10. The number of ketones is 1. The minimum Gasteiger partial charge on any atom is -0.364 e. The number of Topliss-reactive ketones (excluding diaryl/α,β-unsaturated/α-hetero) is 1. The van der Waals surface area contributed by atoms with E-state index in [1.54, 1.807) is 0 Å². The maximum Gasteiger partial charge on any atom is 0.446 e. The molecule has 0 aliphatic carbocycles. The molecule has 0 aromatic heterocycles. The molecule has 0 aliphatic heterocycles. The summed E-state index contributed by atoms with van der Waals surface area (Å²) in [6.45, 7) is 1.26. The van der Waals surface area contributed by atoms with Crippen LogP contribution in [0, 0.1) is 0 Å². The fraction of sp³-hybridized carbons (Fsp3) is 0.400. The molecule has 10 heavy (non-hydrogen) atoms. The van der Waals surface area contributed by atoms with Crippen molar-refractivity contribution in [1.29, 1.82) is 0 Å². The normalized spacial score (nSPS) is 7.70. The van der Waals surface area contributed by atoms with E-state index in [1.807, 2.05) is 0 Å². The summed E-state index contributed by atoms with van der Waals surface area (Å²) in [6.07, 6.45) is 0.261. The summed E-state index contributed by atoms with van der Waals surface area (Å²) in [7, 11) is 0. The number of esters is 1. The average molecular weight is 142 g/mol. The first-order valence-corrected chi connectivity index (χ1v) is 2.51. The molecule has 0 saturated carbocycles. The molecular formula is C5H6N2O3. The van der Waals surface area contributed by atoms with Crippen LogP contribution in [0.1, 0.15) is 13.3 Å². The molecule has 5 heteroatoms. The Balaban J connectivity index is 3.64. The maximum atomic E-state index is 10.4. The van der Waals surface area contributed by atoms with Crippen LogP contribution in [-0.4, -0.2) is 22.9 Å². The van der Waals surface area contributed by atoms with Crippen LogP contribution in [0.25, 0.3) is 5.53 Å². The molecule has 0 spiro atoms. The van der Waals surface area contributed by atoms with Crippen molar-refractivity contribution in [2.75, 3.05) is 0 Å². The van der Waals surface area contributed by atoms with Gasteiger partial charge in [0.1, 0.15) is 12.2 Å². The van der Waals surface area contributed by atoms with Gasteiger partial charge in [0.25, 0.3) is 0 Å². The van der Waals surface area contributed by atoms with Gasteiger partial charge >= 0.3 is 12.4 Å². The van der Waals surface area contributed by atoms with Crippen molar-refractivity contribution >= 4 is 18.2 Å². The second-order valence-corrected chi connectivity index (χ2v) is 1.59. The second-order valence-electron chi connectivity index (χ2n) is 1.59. The minimum atomic E-state index is -0.731. The Bertz CT molecular complexity index is 187. The third-order valence-corrected chi connectivity index (χ3v) is 0.625. The number of hydrogen-bond acceptors (Lipinski definition) is 3. The zero-order valence-corrected chi connectivity index (χ0v) is 5.40. The fourth-order valence-corrected chi connectivity index (χ4v) is 0.327. The number of hydrogen-bond donors (Lipinski definition) is 0. The minimum absolute atomic E-state index is 0.295. The van der Waals surface area contributed by atoms with E-state index in [1.165, 1.54) is 6.92 Å². The van der Waals surface area contributed by atoms with Crippen molar-refractivity contribution in [2.24, 2.45) is 0 Å². The van der Waals surface area contributed by atoms with E-state index >= 15 is 0 Å². The van der Waals surface area contributed by atoms with Crippen LogP contribution in [0.4, 0.5) is 0 Å². The van der Waals surface area contributed by atoms with E-state index in [9.17, 15) is 9.59 Å². The standard InChI is InChI=1S/C5H6N2O3/c1-4(8)2-5(9)10-3-7-6/h3H,2H2,1H3. The van der Waals surface area contributed by atoms with Gasteiger partial charge in [0.2, 0.25) is 0 Å². The Morgan fingerprint density at radius 3 is 2.70 bits per heavy atom. The van der Waals surface area contributed by atoms with Gasteiger partial charge in [0.15, 0.2) is 0 Å². The lowest BCUT2D eigenvalue weighted by atomic mass is 10.3. The van der Waals surface area contributed by atoms with E-state index in [-0.39, 0.29) is 12.2 Å². The molecule has 0 atom stereocenters. The molecule has 0 heterocycles. The lowest BCUT2D eigenvalue weighted by molar-refractivity contribution is -0.141. The molecule has 0 unspecified atom stereocenters. The Hall–Kier alpha value is -1.48. The van der Waals surface area contributed by atoms with Gasteiger partial charge in [-0.3, -0.25) is 9.59 Å². The highest BCUT2D eigenvalue weighted by Crippen LogP contribution is 1.83. The number of rotatable bonds is 3. The summed E-state index contributed by atoms with van der Waals surface area (Å²) in [5.74, 6) is -1.03. The van der Waals surface area contributed by atoms with Crippen LogP contribution in [0.15, 0.2) is 0 Å².